The summed E-state index contributed by atoms with van der Waals surface area (Å²) >= 11 is 0. The van der Waals surface area contributed by atoms with Gasteiger partial charge < -0.3 is 5.32 Å². The summed E-state index contributed by atoms with van der Waals surface area (Å²) in [5, 5.41) is 7.49. The Balaban J connectivity index is 1.55. The number of rotatable bonds is 4. The monoisotopic (exact) mass is 352 g/mol. The standard InChI is InChI=1S/C21H28N4O/c1-14-7-15(2)19(20(8-14)25-6-4-5-23-25)13-24(3)18-9-16-11-21(26)22-12-17(16)10-18/h4-8,16-18H,9-13H2,1-3H3,(H,22,26)/t16-,17+,18-/m1/s1. The maximum absolute atomic E-state index is 11.7. The molecule has 0 spiro atoms. The third kappa shape index (κ3) is 3.28. The molecule has 138 valence electrons. The van der Waals surface area contributed by atoms with E-state index in [4.69, 9.17) is 0 Å². The molecule has 1 aromatic heterocycles. The van der Waals surface area contributed by atoms with Gasteiger partial charge in [0, 0.05) is 37.9 Å². The van der Waals surface area contributed by atoms with Crippen LogP contribution in [0.15, 0.2) is 30.6 Å². The number of aryl methyl sites for hydroxylation is 2. The lowest BCUT2D eigenvalue weighted by molar-refractivity contribution is -0.124. The second-order valence-corrected chi connectivity index (χ2v) is 8.10. The van der Waals surface area contributed by atoms with Crippen LogP contribution in [0.3, 0.4) is 0 Å². The first-order valence-corrected chi connectivity index (χ1v) is 9.58. The van der Waals surface area contributed by atoms with E-state index < -0.39 is 0 Å². The largest absolute Gasteiger partial charge is 0.356 e. The highest BCUT2D eigenvalue weighted by atomic mass is 16.1. The van der Waals surface area contributed by atoms with Crippen LogP contribution in [-0.4, -0.2) is 40.2 Å². The number of carbonyl (C=O) groups excluding carboxylic acids is 1. The van der Waals surface area contributed by atoms with E-state index in [0.29, 0.717) is 24.3 Å². The Morgan fingerprint density at radius 3 is 2.85 bits per heavy atom. The van der Waals surface area contributed by atoms with E-state index in [1.165, 1.54) is 28.8 Å². The fraction of sp³-hybridized carbons (Fsp3) is 0.524. The first-order chi connectivity index (χ1) is 12.5. The molecule has 4 rings (SSSR count). The van der Waals surface area contributed by atoms with Crippen LogP contribution in [0.25, 0.3) is 5.69 Å². The number of piperidine rings is 1. The van der Waals surface area contributed by atoms with Crippen molar-refractivity contribution < 1.29 is 4.79 Å². The van der Waals surface area contributed by atoms with Gasteiger partial charge in [-0.15, -0.1) is 0 Å². The normalized spacial score (nSPS) is 25.4. The number of fused-ring (bicyclic) bond motifs is 1. The Morgan fingerprint density at radius 2 is 2.08 bits per heavy atom. The predicted octanol–water partition coefficient (Wildman–Crippen LogP) is 2.84. The van der Waals surface area contributed by atoms with Gasteiger partial charge >= 0.3 is 0 Å². The summed E-state index contributed by atoms with van der Waals surface area (Å²) in [5.41, 5.74) is 5.09. The second-order valence-electron chi connectivity index (χ2n) is 8.10. The van der Waals surface area contributed by atoms with Crippen LogP contribution in [0.2, 0.25) is 0 Å². The zero-order chi connectivity index (χ0) is 18.3. The van der Waals surface area contributed by atoms with Crippen molar-refractivity contribution in [1.29, 1.82) is 0 Å². The smallest absolute Gasteiger partial charge is 0.220 e. The minimum absolute atomic E-state index is 0.227. The SMILES string of the molecule is Cc1cc(C)c(CN(C)[C@H]2C[C@H]3CNC(=O)C[C@H]3C2)c(-n2cccn2)c1. The molecule has 26 heavy (non-hydrogen) atoms. The van der Waals surface area contributed by atoms with Crippen molar-refractivity contribution in [2.24, 2.45) is 11.8 Å². The molecular formula is C21H28N4O. The zero-order valence-electron chi connectivity index (χ0n) is 15.9. The Morgan fingerprint density at radius 1 is 1.27 bits per heavy atom. The summed E-state index contributed by atoms with van der Waals surface area (Å²) in [6.45, 7) is 6.10. The molecule has 1 aromatic carbocycles. The van der Waals surface area contributed by atoms with E-state index in [0.717, 1.165) is 19.5 Å². The average molecular weight is 352 g/mol. The highest BCUT2D eigenvalue weighted by molar-refractivity contribution is 5.77. The highest BCUT2D eigenvalue weighted by Crippen LogP contribution is 2.38. The maximum atomic E-state index is 11.7. The summed E-state index contributed by atoms with van der Waals surface area (Å²) in [4.78, 5) is 14.2. The van der Waals surface area contributed by atoms with Crippen LogP contribution in [0.5, 0.6) is 0 Å². The van der Waals surface area contributed by atoms with Crippen molar-refractivity contribution in [3.05, 3.63) is 47.3 Å². The second kappa shape index (κ2) is 6.88. The van der Waals surface area contributed by atoms with Gasteiger partial charge in [0.2, 0.25) is 5.91 Å². The minimum atomic E-state index is 0.227. The van der Waals surface area contributed by atoms with E-state index in [1.807, 2.05) is 23.1 Å². The zero-order valence-corrected chi connectivity index (χ0v) is 15.9. The van der Waals surface area contributed by atoms with Crippen molar-refractivity contribution in [2.45, 2.75) is 45.7 Å². The first kappa shape index (κ1) is 17.3. The molecule has 1 aliphatic carbocycles. The number of hydrogen-bond acceptors (Lipinski definition) is 3. The Kier molecular flexibility index (Phi) is 4.57. The molecular weight excluding hydrogens is 324 g/mol. The molecule has 2 aromatic rings. The molecule has 5 nitrogen and oxygen atoms in total. The molecule has 3 atom stereocenters. The number of carbonyl (C=O) groups is 1. The van der Waals surface area contributed by atoms with Gasteiger partial charge in [-0.1, -0.05) is 6.07 Å². The molecule has 2 fully saturated rings. The molecule has 1 saturated carbocycles. The predicted molar refractivity (Wildman–Crippen MR) is 102 cm³/mol. The lowest BCUT2D eigenvalue weighted by Crippen LogP contribution is -2.38. The van der Waals surface area contributed by atoms with Gasteiger partial charge in [-0.2, -0.15) is 5.10 Å². The molecule has 2 aliphatic rings. The summed E-state index contributed by atoms with van der Waals surface area (Å²) in [7, 11) is 2.23. The van der Waals surface area contributed by atoms with E-state index >= 15 is 0 Å². The molecule has 1 aliphatic heterocycles. The van der Waals surface area contributed by atoms with E-state index in [-0.39, 0.29) is 5.91 Å². The van der Waals surface area contributed by atoms with Crippen LogP contribution in [0.1, 0.15) is 36.0 Å². The fourth-order valence-electron chi connectivity index (χ4n) is 4.77. The quantitative estimate of drug-likeness (QED) is 0.920. The molecule has 1 N–H and O–H groups in total. The molecule has 5 heteroatoms. The van der Waals surface area contributed by atoms with Crippen LogP contribution >= 0.6 is 0 Å². The third-order valence-corrected chi connectivity index (χ3v) is 6.20. The molecule has 0 bridgehead atoms. The highest BCUT2D eigenvalue weighted by Gasteiger charge is 2.39. The molecule has 1 saturated heterocycles. The topological polar surface area (TPSA) is 50.2 Å². The van der Waals surface area contributed by atoms with Crippen LogP contribution < -0.4 is 5.32 Å². The number of aromatic nitrogens is 2. The minimum Gasteiger partial charge on any atom is -0.356 e. The molecule has 0 radical (unpaired) electrons. The summed E-state index contributed by atoms with van der Waals surface area (Å²) in [6, 6.07) is 6.99. The fourth-order valence-corrected chi connectivity index (χ4v) is 4.77. The van der Waals surface area contributed by atoms with Gasteiger partial charge in [-0.3, -0.25) is 9.69 Å². The number of hydrogen-bond donors (Lipinski definition) is 1. The molecule has 1 amide bonds. The Hall–Kier alpha value is -2.14. The van der Waals surface area contributed by atoms with Gasteiger partial charge in [-0.05, 0) is 74.4 Å². The van der Waals surface area contributed by atoms with Crippen LogP contribution in [-0.2, 0) is 11.3 Å². The number of amides is 1. The number of benzene rings is 1. The third-order valence-electron chi connectivity index (χ3n) is 6.20. The number of nitrogens with one attached hydrogen (secondary N) is 1. The van der Waals surface area contributed by atoms with E-state index in [2.05, 4.69) is 48.3 Å². The van der Waals surface area contributed by atoms with Gasteiger partial charge in [0.05, 0.1) is 5.69 Å². The molecule has 2 heterocycles. The first-order valence-electron chi connectivity index (χ1n) is 9.58. The lowest BCUT2D eigenvalue weighted by Gasteiger charge is -2.27. The summed E-state index contributed by atoms with van der Waals surface area (Å²) in [5.74, 6) is 1.43. The van der Waals surface area contributed by atoms with Crippen LogP contribution in [0, 0.1) is 25.7 Å². The Bertz CT molecular complexity index is 799. The van der Waals surface area contributed by atoms with Crippen molar-refractivity contribution in [3.8, 4) is 5.69 Å². The van der Waals surface area contributed by atoms with Gasteiger partial charge in [-0.25, -0.2) is 4.68 Å². The van der Waals surface area contributed by atoms with Crippen molar-refractivity contribution in [3.63, 3.8) is 0 Å². The van der Waals surface area contributed by atoms with Crippen molar-refractivity contribution in [2.75, 3.05) is 13.6 Å². The van der Waals surface area contributed by atoms with Gasteiger partial charge in [0.25, 0.3) is 0 Å². The maximum Gasteiger partial charge on any atom is 0.220 e. The van der Waals surface area contributed by atoms with Crippen molar-refractivity contribution >= 4 is 5.91 Å². The Labute approximate surface area is 155 Å². The average Bonchev–Trinajstić information content (AvgIpc) is 3.25. The van der Waals surface area contributed by atoms with Gasteiger partial charge in [0.1, 0.15) is 0 Å². The number of nitrogens with zero attached hydrogens (tertiary/aromatic N) is 3. The van der Waals surface area contributed by atoms with Gasteiger partial charge in [0.15, 0.2) is 0 Å². The summed E-state index contributed by atoms with van der Waals surface area (Å²) in [6.07, 6.45) is 6.87. The van der Waals surface area contributed by atoms with Crippen LogP contribution in [0.4, 0.5) is 0 Å². The van der Waals surface area contributed by atoms with E-state index in [9.17, 15) is 4.79 Å². The van der Waals surface area contributed by atoms with Crippen molar-refractivity contribution in [1.82, 2.24) is 20.0 Å². The lowest BCUT2D eigenvalue weighted by atomic mass is 9.89. The molecule has 0 unspecified atom stereocenters. The van der Waals surface area contributed by atoms with E-state index in [1.54, 1.807) is 0 Å². The summed E-state index contributed by atoms with van der Waals surface area (Å²) < 4.78 is 1.97.